The lowest BCUT2D eigenvalue weighted by Gasteiger charge is -2.10. The molecule has 3 rings (SSSR count). The van der Waals surface area contributed by atoms with Gasteiger partial charge in [0.1, 0.15) is 16.7 Å². The van der Waals surface area contributed by atoms with Crippen molar-refractivity contribution in [2.24, 2.45) is 0 Å². The molecule has 108 valence electrons. The maximum atomic E-state index is 6.32. The fraction of sp³-hybridized carbons (Fsp3) is 0.143. The quantitative estimate of drug-likeness (QED) is 0.608. The number of ether oxygens (including phenoxy) is 2. The summed E-state index contributed by atoms with van der Waals surface area (Å²) in [4.78, 5) is 8.94. The lowest BCUT2D eigenvalue weighted by Crippen LogP contribution is -1.95. The van der Waals surface area contributed by atoms with Gasteiger partial charge in [0, 0.05) is 23.1 Å². The van der Waals surface area contributed by atoms with Crippen molar-refractivity contribution in [1.82, 2.24) is 9.97 Å². The molecule has 2 aromatic heterocycles. The van der Waals surface area contributed by atoms with E-state index in [-0.39, 0.29) is 0 Å². The average Bonchev–Trinajstić information content (AvgIpc) is 2.92. The molecule has 0 radical (unpaired) electrons. The number of nitrogens with zero attached hydrogens (tertiary/aromatic N) is 2. The Balaban J connectivity index is 2.27. The van der Waals surface area contributed by atoms with Crippen LogP contribution in [-0.4, -0.2) is 24.2 Å². The van der Waals surface area contributed by atoms with Gasteiger partial charge in [-0.15, -0.1) is 11.3 Å². The molecule has 4 nitrogen and oxygen atoms in total. The Hall–Kier alpha value is -1.37. The van der Waals surface area contributed by atoms with E-state index in [0.717, 1.165) is 9.35 Å². The summed E-state index contributed by atoms with van der Waals surface area (Å²) in [5.41, 5.74) is 1.60. The zero-order valence-corrected chi connectivity index (χ0v) is 14.3. The van der Waals surface area contributed by atoms with Gasteiger partial charge in [0.05, 0.1) is 28.9 Å². The predicted molar refractivity (Wildman–Crippen MR) is 88.7 cm³/mol. The molecule has 21 heavy (non-hydrogen) atoms. The van der Waals surface area contributed by atoms with Gasteiger partial charge in [-0.1, -0.05) is 11.6 Å². The summed E-state index contributed by atoms with van der Waals surface area (Å²) in [7, 11) is 3.18. The third-order valence-electron chi connectivity index (χ3n) is 2.97. The molecule has 0 atom stereocenters. The Bertz CT molecular complexity index is 822. The monoisotopic (exact) mass is 384 g/mol. The Morgan fingerprint density at radius 2 is 1.95 bits per heavy atom. The van der Waals surface area contributed by atoms with Crippen molar-refractivity contribution in [2.75, 3.05) is 14.2 Å². The van der Waals surface area contributed by atoms with Gasteiger partial charge in [0.15, 0.2) is 5.82 Å². The van der Waals surface area contributed by atoms with Gasteiger partial charge in [-0.3, -0.25) is 0 Å². The first kappa shape index (κ1) is 14.6. The van der Waals surface area contributed by atoms with Crippen LogP contribution < -0.4 is 9.47 Å². The SMILES string of the molecule is COc1cc(OC)c2c(Cl)nc(-c3csc(Br)c3)nc2c1. The fourth-order valence-corrected chi connectivity index (χ4v) is 3.40. The fourth-order valence-electron chi connectivity index (χ4n) is 1.99. The van der Waals surface area contributed by atoms with Crippen LogP contribution in [0.15, 0.2) is 27.4 Å². The lowest BCUT2D eigenvalue weighted by molar-refractivity contribution is 0.398. The van der Waals surface area contributed by atoms with Crippen LogP contribution in [0.5, 0.6) is 11.5 Å². The Morgan fingerprint density at radius 1 is 1.14 bits per heavy atom. The lowest BCUT2D eigenvalue weighted by atomic mass is 10.2. The number of rotatable bonds is 3. The third kappa shape index (κ3) is 2.71. The summed E-state index contributed by atoms with van der Waals surface area (Å²) >= 11 is 11.3. The van der Waals surface area contributed by atoms with Gasteiger partial charge in [-0.2, -0.15) is 0 Å². The zero-order valence-electron chi connectivity index (χ0n) is 11.2. The summed E-state index contributed by atoms with van der Waals surface area (Å²) in [6, 6.07) is 5.54. The summed E-state index contributed by atoms with van der Waals surface area (Å²) in [6.07, 6.45) is 0. The molecule has 0 aliphatic heterocycles. The molecule has 7 heteroatoms. The van der Waals surface area contributed by atoms with Crippen LogP contribution in [-0.2, 0) is 0 Å². The first-order chi connectivity index (χ1) is 10.1. The van der Waals surface area contributed by atoms with Crippen molar-refractivity contribution >= 4 is 49.8 Å². The molecule has 0 amide bonds. The smallest absolute Gasteiger partial charge is 0.162 e. The Kier molecular flexibility index (Phi) is 4.01. The highest BCUT2D eigenvalue weighted by atomic mass is 79.9. The van der Waals surface area contributed by atoms with E-state index in [1.807, 2.05) is 17.5 Å². The molecule has 0 saturated heterocycles. The second-order valence-electron chi connectivity index (χ2n) is 4.20. The standard InChI is InChI=1S/C14H10BrClN2O2S/c1-19-8-4-9-12(10(5-8)20-2)13(16)18-14(17-9)7-3-11(15)21-6-7/h3-6H,1-2H3. The van der Waals surface area contributed by atoms with Gasteiger partial charge < -0.3 is 9.47 Å². The van der Waals surface area contributed by atoms with Crippen LogP contribution in [0.3, 0.4) is 0 Å². The number of hydrogen-bond donors (Lipinski definition) is 0. The van der Waals surface area contributed by atoms with Crippen LogP contribution in [0, 0.1) is 0 Å². The van der Waals surface area contributed by atoms with E-state index in [0.29, 0.717) is 33.4 Å². The highest BCUT2D eigenvalue weighted by Crippen LogP contribution is 2.36. The topological polar surface area (TPSA) is 44.2 Å². The normalized spacial score (nSPS) is 10.9. The van der Waals surface area contributed by atoms with E-state index in [1.54, 1.807) is 31.6 Å². The maximum absolute atomic E-state index is 6.32. The van der Waals surface area contributed by atoms with Crippen molar-refractivity contribution in [1.29, 1.82) is 0 Å². The first-order valence-electron chi connectivity index (χ1n) is 5.96. The Morgan fingerprint density at radius 3 is 2.57 bits per heavy atom. The molecule has 0 saturated carbocycles. The maximum Gasteiger partial charge on any atom is 0.162 e. The molecule has 0 aliphatic carbocycles. The van der Waals surface area contributed by atoms with Crippen molar-refractivity contribution in [3.05, 3.63) is 32.5 Å². The van der Waals surface area contributed by atoms with Gasteiger partial charge in [0.25, 0.3) is 0 Å². The molecule has 0 bridgehead atoms. The number of aromatic nitrogens is 2. The number of thiophene rings is 1. The molecule has 3 aromatic rings. The minimum absolute atomic E-state index is 0.358. The van der Waals surface area contributed by atoms with Gasteiger partial charge in [-0.05, 0) is 22.0 Å². The summed E-state index contributed by atoms with van der Waals surface area (Å²) in [5, 5.41) is 3.01. The van der Waals surface area contributed by atoms with Crippen molar-refractivity contribution in [3.8, 4) is 22.9 Å². The predicted octanol–water partition coefficient (Wildman–Crippen LogP) is 4.79. The molecule has 0 aliphatic rings. The highest BCUT2D eigenvalue weighted by Gasteiger charge is 2.14. The second-order valence-corrected chi connectivity index (χ2v) is 6.85. The van der Waals surface area contributed by atoms with Crippen LogP contribution >= 0.6 is 38.9 Å². The molecular formula is C14H10BrClN2O2S. The first-order valence-corrected chi connectivity index (χ1v) is 8.01. The minimum Gasteiger partial charge on any atom is -0.497 e. The summed E-state index contributed by atoms with van der Waals surface area (Å²) < 4.78 is 11.6. The molecule has 0 N–H and O–H groups in total. The van der Waals surface area contributed by atoms with Crippen LogP contribution in [0.1, 0.15) is 0 Å². The molecule has 0 fully saturated rings. The van der Waals surface area contributed by atoms with Crippen molar-refractivity contribution in [2.45, 2.75) is 0 Å². The van der Waals surface area contributed by atoms with E-state index in [1.165, 1.54) is 0 Å². The number of fused-ring (bicyclic) bond motifs is 1. The van der Waals surface area contributed by atoms with E-state index in [2.05, 4.69) is 25.9 Å². The third-order valence-corrected chi connectivity index (χ3v) is 4.75. The van der Waals surface area contributed by atoms with Gasteiger partial charge in [0.2, 0.25) is 0 Å². The van der Waals surface area contributed by atoms with E-state index in [9.17, 15) is 0 Å². The van der Waals surface area contributed by atoms with E-state index < -0.39 is 0 Å². The molecule has 1 aromatic carbocycles. The molecular weight excluding hydrogens is 376 g/mol. The number of methoxy groups -OCH3 is 2. The largest absolute Gasteiger partial charge is 0.497 e. The summed E-state index contributed by atoms with van der Waals surface area (Å²) in [5.74, 6) is 1.82. The highest BCUT2D eigenvalue weighted by molar-refractivity contribution is 9.11. The van der Waals surface area contributed by atoms with Crippen LogP contribution in [0.2, 0.25) is 5.15 Å². The van der Waals surface area contributed by atoms with Crippen LogP contribution in [0.25, 0.3) is 22.3 Å². The molecule has 2 heterocycles. The number of benzene rings is 1. The number of halogens is 2. The van der Waals surface area contributed by atoms with Gasteiger partial charge in [-0.25, -0.2) is 9.97 Å². The van der Waals surface area contributed by atoms with Crippen LogP contribution in [0.4, 0.5) is 0 Å². The van der Waals surface area contributed by atoms with Crippen molar-refractivity contribution in [3.63, 3.8) is 0 Å². The molecule has 0 spiro atoms. The molecule has 0 unspecified atom stereocenters. The van der Waals surface area contributed by atoms with Gasteiger partial charge >= 0.3 is 0 Å². The summed E-state index contributed by atoms with van der Waals surface area (Å²) in [6.45, 7) is 0. The zero-order chi connectivity index (χ0) is 15.0. The van der Waals surface area contributed by atoms with E-state index in [4.69, 9.17) is 21.1 Å². The van der Waals surface area contributed by atoms with E-state index >= 15 is 0 Å². The average molecular weight is 386 g/mol. The number of hydrogen-bond acceptors (Lipinski definition) is 5. The second kappa shape index (κ2) is 5.79. The Labute approximate surface area is 138 Å². The van der Waals surface area contributed by atoms with Crippen molar-refractivity contribution < 1.29 is 9.47 Å². The minimum atomic E-state index is 0.358.